The predicted molar refractivity (Wildman–Crippen MR) is 86.4 cm³/mol. The van der Waals surface area contributed by atoms with Gasteiger partial charge in [-0.2, -0.15) is 0 Å². The Morgan fingerprint density at radius 2 is 1.95 bits per heavy atom. The standard InChI is InChI=1S/C16H33N3O2/c1-5-8-19-9-6-13(7-10-19)17-15(21)18-14(12-20)11-16(2,3)4/h13-14,20H,5-12H2,1-4H3,(H2,17,18,21). The molecule has 0 aliphatic carbocycles. The smallest absolute Gasteiger partial charge is 0.315 e. The molecule has 1 rings (SSSR count). The number of nitrogens with one attached hydrogen (secondary N) is 2. The highest BCUT2D eigenvalue weighted by Gasteiger charge is 2.23. The average molecular weight is 299 g/mol. The monoisotopic (exact) mass is 299 g/mol. The fourth-order valence-corrected chi connectivity index (χ4v) is 2.93. The summed E-state index contributed by atoms with van der Waals surface area (Å²) in [4.78, 5) is 14.5. The normalized spacial score (nSPS) is 19.3. The van der Waals surface area contributed by atoms with Crippen molar-refractivity contribution < 1.29 is 9.90 Å². The number of aliphatic hydroxyl groups excluding tert-OH is 1. The third-order valence-corrected chi connectivity index (χ3v) is 3.88. The molecule has 0 aromatic heterocycles. The maximum Gasteiger partial charge on any atom is 0.315 e. The van der Waals surface area contributed by atoms with Gasteiger partial charge >= 0.3 is 6.03 Å². The Kier molecular flexibility index (Phi) is 7.46. The minimum Gasteiger partial charge on any atom is -0.394 e. The van der Waals surface area contributed by atoms with Crippen LogP contribution in [0.2, 0.25) is 0 Å². The molecule has 0 saturated carbocycles. The quantitative estimate of drug-likeness (QED) is 0.702. The van der Waals surface area contributed by atoms with E-state index in [2.05, 4.69) is 43.2 Å². The van der Waals surface area contributed by atoms with Crippen LogP contribution in [0.3, 0.4) is 0 Å². The highest BCUT2D eigenvalue weighted by Crippen LogP contribution is 2.20. The molecule has 1 unspecified atom stereocenters. The molecule has 1 aliphatic heterocycles. The van der Waals surface area contributed by atoms with Gasteiger partial charge in [0.2, 0.25) is 0 Å². The summed E-state index contributed by atoms with van der Waals surface area (Å²) in [7, 11) is 0. The maximum atomic E-state index is 12.0. The Hall–Kier alpha value is -0.810. The van der Waals surface area contributed by atoms with Crippen LogP contribution >= 0.6 is 0 Å². The zero-order chi connectivity index (χ0) is 15.9. The van der Waals surface area contributed by atoms with Crippen LogP contribution in [0.4, 0.5) is 4.79 Å². The number of urea groups is 1. The van der Waals surface area contributed by atoms with Crippen molar-refractivity contribution in [3.05, 3.63) is 0 Å². The van der Waals surface area contributed by atoms with Crippen LogP contribution in [0.25, 0.3) is 0 Å². The molecule has 1 heterocycles. The third-order valence-electron chi connectivity index (χ3n) is 3.88. The van der Waals surface area contributed by atoms with E-state index >= 15 is 0 Å². The van der Waals surface area contributed by atoms with Crippen molar-refractivity contribution in [2.75, 3.05) is 26.2 Å². The molecule has 124 valence electrons. The molecular weight excluding hydrogens is 266 g/mol. The Labute approximate surface area is 129 Å². The third kappa shape index (κ3) is 7.67. The Morgan fingerprint density at radius 3 is 2.43 bits per heavy atom. The van der Waals surface area contributed by atoms with E-state index in [1.807, 2.05) is 0 Å². The number of rotatable bonds is 6. The van der Waals surface area contributed by atoms with Crippen molar-refractivity contribution in [2.24, 2.45) is 5.41 Å². The molecule has 0 aromatic rings. The van der Waals surface area contributed by atoms with Crippen molar-refractivity contribution in [3.8, 4) is 0 Å². The second-order valence-electron chi connectivity index (χ2n) is 7.38. The van der Waals surface area contributed by atoms with Gasteiger partial charge in [0.05, 0.1) is 12.6 Å². The van der Waals surface area contributed by atoms with Crippen LogP contribution in [-0.2, 0) is 0 Å². The second-order valence-corrected chi connectivity index (χ2v) is 7.38. The fourth-order valence-electron chi connectivity index (χ4n) is 2.93. The van der Waals surface area contributed by atoms with E-state index in [0.29, 0.717) is 0 Å². The van der Waals surface area contributed by atoms with Crippen molar-refractivity contribution in [2.45, 2.75) is 65.5 Å². The molecule has 5 heteroatoms. The zero-order valence-electron chi connectivity index (χ0n) is 14.1. The molecular formula is C16H33N3O2. The summed E-state index contributed by atoms with van der Waals surface area (Å²) >= 11 is 0. The van der Waals surface area contributed by atoms with Crippen LogP contribution in [0.1, 0.15) is 53.4 Å². The number of hydrogen-bond donors (Lipinski definition) is 3. The Morgan fingerprint density at radius 1 is 1.33 bits per heavy atom. The number of likely N-dealkylation sites (tertiary alicyclic amines) is 1. The largest absolute Gasteiger partial charge is 0.394 e. The van der Waals surface area contributed by atoms with E-state index in [-0.39, 0.29) is 30.1 Å². The molecule has 0 spiro atoms. The number of amides is 2. The highest BCUT2D eigenvalue weighted by molar-refractivity contribution is 5.74. The maximum absolute atomic E-state index is 12.0. The van der Waals surface area contributed by atoms with Gasteiger partial charge in [-0.1, -0.05) is 27.7 Å². The summed E-state index contributed by atoms with van der Waals surface area (Å²) in [6.45, 7) is 11.8. The molecule has 3 N–H and O–H groups in total. The minimum absolute atomic E-state index is 0.0143. The first-order valence-electron chi connectivity index (χ1n) is 8.24. The summed E-state index contributed by atoms with van der Waals surface area (Å²) in [6.07, 6.45) is 3.97. The van der Waals surface area contributed by atoms with Crippen LogP contribution in [0.15, 0.2) is 0 Å². The van der Waals surface area contributed by atoms with Gasteiger partial charge in [0, 0.05) is 19.1 Å². The van der Waals surface area contributed by atoms with Crippen molar-refractivity contribution in [1.29, 1.82) is 0 Å². The molecule has 0 bridgehead atoms. The van der Waals surface area contributed by atoms with Crippen LogP contribution in [-0.4, -0.2) is 54.4 Å². The lowest BCUT2D eigenvalue weighted by Gasteiger charge is -2.32. The van der Waals surface area contributed by atoms with Gasteiger partial charge in [0.1, 0.15) is 0 Å². The number of nitrogens with zero attached hydrogens (tertiary/aromatic N) is 1. The fraction of sp³-hybridized carbons (Fsp3) is 0.938. The lowest BCUT2D eigenvalue weighted by molar-refractivity contribution is 0.177. The second kappa shape index (κ2) is 8.59. The van der Waals surface area contributed by atoms with Crippen molar-refractivity contribution in [3.63, 3.8) is 0 Å². The SMILES string of the molecule is CCCN1CCC(NC(=O)NC(CO)CC(C)(C)C)CC1. The van der Waals surface area contributed by atoms with Gasteiger partial charge in [-0.25, -0.2) is 4.79 Å². The van der Waals surface area contributed by atoms with Crippen LogP contribution in [0.5, 0.6) is 0 Å². The van der Waals surface area contributed by atoms with Crippen LogP contribution < -0.4 is 10.6 Å². The van der Waals surface area contributed by atoms with Gasteiger partial charge in [-0.05, 0) is 37.6 Å². The number of aliphatic hydroxyl groups is 1. The van der Waals surface area contributed by atoms with Gasteiger partial charge in [-0.15, -0.1) is 0 Å². The summed E-state index contributed by atoms with van der Waals surface area (Å²) < 4.78 is 0. The highest BCUT2D eigenvalue weighted by atomic mass is 16.3. The number of piperidine rings is 1. The lowest BCUT2D eigenvalue weighted by Crippen LogP contribution is -2.51. The molecule has 0 radical (unpaired) electrons. The predicted octanol–water partition coefficient (Wildman–Crippen LogP) is 1.96. The molecule has 2 amide bonds. The number of carbonyl (C=O) groups is 1. The molecule has 1 aliphatic rings. The molecule has 1 fully saturated rings. The summed E-state index contributed by atoms with van der Waals surface area (Å²) in [5.74, 6) is 0. The lowest BCUT2D eigenvalue weighted by atomic mass is 9.88. The van der Waals surface area contributed by atoms with E-state index in [4.69, 9.17) is 0 Å². The molecule has 1 atom stereocenters. The Balaban J connectivity index is 2.30. The summed E-state index contributed by atoms with van der Waals surface area (Å²) in [6, 6.07) is -0.0653. The summed E-state index contributed by atoms with van der Waals surface area (Å²) in [5, 5.41) is 15.3. The van der Waals surface area contributed by atoms with Crippen molar-refractivity contribution in [1.82, 2.24) is 15.5 Å². The van der Waals surface area contributed by atoms with E-state index in [1.54, 1.807) is 0 Å². The van der Waals surface area contributed by atoms with E-state index < -0.39 is 0 Å². The van der Waals surface area contributed by atoms with E-state index in [0.717, 1.165) is 38.9 Å². The number of hydrogen-bond acceptors (Lipinski definition) is 3. The number of carbonyl (C=O) groups excluding carboxylic acids is 1. The zero-order valence-corrected chi connectivity index (χ0v) is 14.1. The van der Waals surface area contributed by atoms with E-state index in [1.165, 1.54) is 6.42 Å². The minimum atomic E-state index is -0.176. The van der Waals surface area contributed by atoms with Gasteiger partial charge in [-0.3, -0.25) is 0 Å². The van der Waals surface area contributed by atoms with Gasteiger partial charge in [0.25, 0.3) is 0 Å². The first kappa shape index (κ1) is 18.2. The van der Waals surface area contributed by atoms with Gasteiger partial charge in [0.15, 0.2) is 0 Å². The Bertz CT molecular complexity index is 307. The average Bonchev–Trinajstić information content (AvgIpc) is 2.39. The van der Waals surface area contributed by atoms with Crippen molar-refractivity contribution >= 4 is 6.03 Å². The first-order valence-corrected chi connectivity index (χ1v) is 8.24. The topological polar surface area (TPSA) is 64.6 Å². The van der Waals surface area contributed by atoms with E-state index in [9.17, 15) is 9.90 Å². The molecule has 1 saturated heterocycles. The summed E-state index contributed by atoms with van der Waals surface area (Å²) in [5.41, 5.74) is 0.0895. The van der Waals surface area contributed by atoms with Crippen LogP contribution in [0, 0.1) is 5.41 Å². The molecule has 0 aromatic carbocycles. The van der Waals surface area contributed by atoms with Gasteiger partial charge < -0.3 is 20.6 Å². The first-order chi connectivity index (χ1) is 9.84. The molecule has 5 nitrogen and oxygen atoms in total. The molecule has 21 heavy (non-hydrogen) atoms.